The number of carbonyl (C=O) groups is 1. The Morgan fingerprint density at radius 3 is 2.76 bits per heavy atom. The van der Waals surface area contributed by atoms with Gasteiger partial charge in [-0.1, -0.05) is 30.7 Å². The van der Waals surface area contributed by atoms with E-state index < -0.39 is 0 Å². The van der Waals surface area contributed by atoms with Crippen LogP contribution in [0, 0.1) is 0 Å². The Morgan fingerprint density at radius 2 is 1.97 bits per heavy atom. The number of pyridine rings is 1. The first-order chi connectivity index (χ1) is 14.2. The zero-order valence-electron chi connectivity index (χ0n) is 16.0. The summed E-state index contributed by atoms with van der Waals surface area (Å²) in [6.45, 7) is 1.56. The third kappa shape index (κ3) is 3.25. The fourth-order valence-corrected chi connectivity index (χ4v) is 4.10. The highest BCUT2D eigenvalue weighted by Crippen LogP contribution is 2.20. The average molecular weight is 386 g/mol. The Morgan fingerprint density at radius 1 is 1.14 bits per heavy atom. The molecule has 2 aromatic heterocycles. The van der Waals surface area contributed by atoms with Crippen LogP contribution in [-0.4, -0.2) is 34.4 Å². The van der Waals surface area contributed by atoms with E-state index in [2.05, 4.69) is 10.6 Å². The molecule has 3 heterocycles. The van der Waals surface area contributed by atoms with E-state index in [4.69, 9.17) is 4.98 Å². The average Bonchev–Trinajstić information content (AvgIpc) is 2.77. The molecule has 0 saturated carbocycles. The lowest BCUT2D eigenvalue weighted by molar-refractivity contribution is 0.0949. The van der Waals surface area contributed by atoms with Crippen molar-refractivity contribution in [3.8, 4) is 0 Å². The second kappa shape index (κ2) is 7.29. The number of hydrogen-bond acceptors (Lipinski definition) is 4. The molecule has 1 aliphatic heterocycles. The quantitative estimate of drug-likeness (QED) is 0.531. The van der Waals surface area contributed by atoms with Gasteiger partial charge in [-0.25, -0.2) is 4.98 Å². The Bertz CT molecular complexity index is 1290. The SMILES string of the molecule is O=C(NCC1CCCCN1)c1cccn2c(=O)c3cc4ccccc4cc3nc12. The maximum atomic E-state index is 13.1. The van der Waals surface area contributed by atoms with Gasteiger partial charge in [-0.2, -0.15) is 0 Å². The first kappa shape index (κ1) is 17.8. The number of fused-ring (bicyclic) bond motifs is 3. The van der Waals surface area contributed by atoms with Crippen molar-refractivity contribution in [2.75, 3.05) is 13.1 Å². The van der Waals surface area contributed by atoms with Crippen LogP contribution in [0.4, 0.5) is 0 Å². The molecule has 1 fully saturated rings. The zero-order valence-corrected chi connectivity index (χ0v) is 16.0. The van der Waals surface area contributed by atoms with Crippen LogP contribution < -0.4 is 16.2 Å². The molecular formula is C23H22N4O2. The van der Waals surface area contributed by atoms with Crippen molar-refractivity contribution in [1.82, 2.24) is 20.0 Å². The second-order valence-corrected chi connectivity index (χ2v) is 7.61. The van der Waals surface area contributed by atoms with Gasteiger partial charge in [0.1, 0.15) is 0 Å². The van der Waals surface area contributed by atoms with Crippen LogP contribution >= 0.6 is 0 Å². The molecule has 2 N–H and O–H groups in total. The van der Waals surface area contributed by atoms with E-state index in [-0.39, 0.29) is 11.5 Å². The molecule has 0 radical (unpaired) electrons. The lowest BCUT2D eigenvalue weighted by Crippen LogP contribution is -2.43. The predicted molar refractivity (Wildman–Crippen MR) is 114 cm³/mol. The van der Waals surface area contributed by atoms with E-state index in [9.17, 15) is 9.59 Å². The molecule has 0 aliphatic carbocycles. The third-order valence-electron chi connectivity index (χ3n) is 5.67. The van der Waals surface area contributed by atoms with Gasteiger partial charge in [0.05, 0.1) is 16.5 Å². The molecule has 5 rings (SSSR count). The molecule has 6 heteroatoms. The van der Waals surface area contributed by atoms with Crippen molar-refractivity contribution in [1.29, 1.82) is 0 Å². The van der Waals surface area contributed by atoms with Gasteiger partial charge in [-0.05, 0) is 54.4 Å². The van der Waals surface area contributed by atoms with Crippen LogP contribution in [-0.2, 0) is 0 Å². The van der Waals surface area contributed by atoms with E-state index in [1.54, 1.807) is 18.3 Å². The summed E-state index contributed by atoms with van der Waals surface area (Å²) in [6, 6.07) is 15.4. The zero-order chi connectivity index (χ0) is 19.8. The van der Waals surface area contributed by atoms with E-state index >= 15 is 0 Å². The van der Waals surface area contributed by atoms with Crippen LogP contribution in [0.1, 0.15) is 29.6 Å². The number of rotatable bonds is 3. The maximum Gasteiger partial charge on any atom is 0.265 e. The van der Waals surface area contributed by atoms with E-state index in [1.165, 1.54) is 17.2 Å². The molecular weight excluding hydrogens is 364 g/mol. The van der Waals surface area contributed by atoms with E-state index in [0.29, 0.717) is 34.7 Å². The highest BCUT2D eigenvalue weighted by molar-refractivity contribution is 6.02. The van der Waals surface area contributed by atoms with Crippen molar-refractivity contribution in [3.63, 3.8) is 0 Å². The van der Waals surface area contributed by atoms with Gasteiger partial charge in [0.25, 0.3) is 11.5 Å². The second-order valence-electron chi connectivity index (χ2n) is 7.61. The number of aromatic nitrogens is 2. The molecule has 29 heavy (non-hydrogen) atoms. The summed E-state index contributed by atoms with van der Waals surface area (Å²) in [5, 5.41) is 8.98. The number of hydrogen-bond donors (Lipinski definition) is 2. The Hall–Kier alpha value is -3.25. The maximum absolute atomic E-state index is 13.1. The monoisotopic (exact) mass is 386 g/mol. The van der Waals surface area contributed by atoms with E-state index in [0.717, 1.165) is 23.7 Å². The number of nitrogens with one attached hydrogen (secondary N) is 2. The van der Waals surface area contributed by atoms with Crippen molar-refractivity contribution in [2.24, 2.45) is 0 Å². The summed E-state index contributed by atoms with van der Waals surface area (Å²) in [6.07, 6.45) is 5.09. The summed E-state index contributed by atoms with van der Waals surface area (Å²) in [5.74, 6) is -0.206. The van der Waals surface area contributed by atoms with Gasteiger partial charge in [0.15, 0.2) is 5.65 Å². The fraction of sp³-hybridized carbons (Fsp3) is 0.261. The lowest BCUT2D eigenvalue weighted by atomic mass is 10.1. The highest BCUT2D eigenvalue weighted by atomic mass is 16.2. The Balaban J connectivity index is 1.58. The topological polar surface area (TPSA) is 75.5 Å². The van der Waals surface area contributed by atoms with Gasteiger partial charge in [-0.15, -0.1) is 0 Å². The Kier molecular flexibility index (Phi) is 4.48. The fourth-order valence-electron chi connectivity index (χ4n) is 4.10. The minimum absolute atomic E-state index is 0.167. The van der Waals surface area contributed by atoms with Gasteiger partial charge < -0.3 is 10.6 Å². The minimum Gasteiger partial charge on any atom is -0.350 e. The molecule has 0 bridgehead atoms. The molecule has 0 spiro atoms. The number of piperidine rings is 1. The summed E-state index contributed by atoms with van der Waals surface area (Å²) < 4.78 is 1.46. The van der Waals surface area contributed by atoms with E-state index in [1.807, 2.05) is 36.4 Å². The van der Waals surface area contributed by atoms with Crippen LogP contribution in [0.2, 0.25) is 0 Å². The Labute approximate surface area is 167 Å². The third-order valence-corrected chi connectivity index (χ3v) is 5.67. The molecule has 146 valence electrons. The molecule has 1 aliphatic rings. The van der Waals surface area contributed by atoms with Crippen molar-refractivity contribution in [3.05, 3.63) is 70.6 Å². The van der Waals surface area contributed by atoms with Gasteiger partial charge >= 0.3 is 0 Å². The number of nitrogens with zero attached hydrogens (tertiary/aromatic N) is 2. The normalized spacial score (nSPS) is 17.0. The number of benzene rings is 2. The van der Waals surface area contributed by atoms with Crippen molar-refractivity contribution in [2.45, 2.75) is 25.3 Å². The molecule has 6 nitrogen and oxygen atoms in total. The molecule has 1 unspecified atom stereocenters. The molecule has 1 amide bonds. The molecule has 4 aromatic rings. The first-order valence-corrected chi connectivity index (χ1v) is 10.1. The van der Waals surface area contributed by atoms with Gasteiger partial charge in [0, 0.05) is 18.8 Å². The first-order valence-electron chi connectivity index (χ1n) is 10.1. The highest BCUT2D eigenvalue weighted by Gasteiger charge is 2.17. The molecule has 2 aromatic carbocycles. The summed E-state index contributed by atoms with van der Waals surface area (Å²) in [5.41, 5.74) is 1.23. The smallest absolute Gasteiger partial charge is 0.265 e. The lowest BCUT2D eigenvalue weighted by Gasteiger charge is -2.23. The largest absolute Gasteiger partial charge is 0.350 e. The standard InChI is InChI=1S/C23H22N4O2/c28-22(25-14-17-8-3-4-10-24-17)18-9-5-11-27-21(18)26-20-13-16-7-2-1-6-15(16)12-19(20)23(27)29/h1-2,5-7,9,11-13,17,24H,3-4,8,10,14H2,(H,25,28). The van der Waals surface area contributed by atoms with Crippen LogP contribution in [0.25, 0.3) is 27.3 Å². The predicted octanol–water partition coefficient (Wildman–Crippen LogP) is 2.87. The van der Waals surface area contributed by atoms with Crippen molar-refractivity contribution < 1.29 is 4.79 Å². The summed E-state index contributed by atoms with van der Waals surface area (Å²) in [7, 11) is 0. The molecule has 1 atom stereocenters. The minimum atomic E-state index is -0.206. The van der Waals surface area contributed by atoms with Crippen molar-refractivity contribution >= 4 is 33.2 Å². The van der Waals surface area contributed by atoms with Crippen LogP contribution in [0.15, 0.2) is 59.5 Å². The van der Waals surface area contributed by atoms with Crippen LogP contribution in [0.5, 0.6) is 0 Å². The van der Waals surface area contributed by atoms with Gasteiger partial charge in [-0.3, -0.25) is 14.0 Å². The molecule has 1 saturated heterocycles. The number of carbonyl (C=O) groups excluding carboxylic acids is 1. The summed E-state index contributed by atoms with van der Waals surface area (Å²) >= 11 is 0. The number of amides is 1. The summed E-state index contributed by atoms with van der Waals surface area (Å²) in [4.78, 5) is 30.7. The van der Waals surface area contributed by atoms with Crippen LogP contribution in [0.3, 0.4) is 0 Å². The van der Waals surface area contributed by atoms with Gasteiger partial charge in [0.2, 0.25) is 0 Å².